The Morgan fingerprint density at radius 1 is 1.22 bits per heavy atom. The molecule has 0 radical (unpaired) electrons. The molecule has 18 heavy (non-hydrogen) atoms. The van der Waals surface area contributed by atoms with Crippen LogP contribution in [0.2, 0.25) is 10.0 Å². The number of aromatic hydroxyl groups is 1. The zero-order valence-electron chi connectivity index (χ0n) is 10.00. The third-order valence-electron chi connectivity index (χ3n) is 2.59. The lowest BCUT2D eigenvalue weighted by atomic mass is 10.2. The third-order valence-corrected chi connectivity index (χ3v) is 3.16. The van der Waals surface area contributed by atoms with Crippen LogP contribution in [0.1, 0.15) is 24.5 Å². The van der Waals surface area contributed by atoms with E-state index in [4.69, 9.17) is 27.6 Å². The van der Waals surface area contributed by atoms with Gasteiger partial charge in [-0.1, -0.05) is 23.2 Å². The summed E-state index contributed by atoms with van der Waals surface area (Å²) in [7, 11) is 0. The van der Waals surface area contributed by atoms with Crippen LogP contribution in [0.15, 0.2) is 28.7 Å². The summed E-state index contributed by atoms with van der Waals surface area (Å²) in [6.07, 6.45) is 0. The number of hydrogen-bond donors (Lipinski definition) is 2. The number of benzene rings is 1. The van der Waals surface area contributed by atoms with Gasteiger partial charge >= 0.3 is 0 Å². The van der Waals surface area contributed by atoms with Crippen LogP contribution < -0.4 is 5.32 Å². The van der Waals surface area contributed by atoms with Gasteiger partial charge in [-0.3, -0.25) is 0 Å². The molecule has 0 aliphatic rings. The highest BCUT2D eigenvalue weighted by molar-refractivity contribution is 6.37. The van der Waals surface area contributed by atoms with E-state index in [1.165, 1.54) is 0 Å². The van der Waals surface area contributed by atoms with E-state index in [9.17, 15) is 5.11 Å². The molecule has 2 aromatic rings. The Labute approximate surface area is 115 Å². The second-order valence-electron chi connectivity index (χ2n) is 4.10. The van der Waals surface area contributed by atoms with Crippen molar-refractivity contribution in [1.29, 1.82) is 0 Å². The molecule has 0 aliphatic heterocycles. The summed E-state index contributed by atoms with van der Waals surface area (Å²) in [5, 5.41) is 13.1. The van der Waals surface area contributed by atoms with E-state index in [2.05, 4.69) is 5.32 Å². The summed E-state index contributed by atoms with van der Waals surface area (Å²) < 4.78 is 5.52. The van der Waals surface area contributed by atoms with Gasteiger partial charge in [0.2, 0.25) is 0 Å². The Bertz CT molecular complexity index is 543. The minimum absolute atomic E-state index is 0.0182. The van der Waals surface area contributed by atoms with E-state index < -0.39 is 0 Å². The van der Waals surface area contributed by atoms with Crippen molar-refractivity contribution in [2.45, 2.75) is 19.9 Å². The zero-order valence-corrected chi connectivity index (χ0v) is 11.5. The van der Waals surface area contributed by atoms with Crippen LogP contribution in [-0.2, 0) is 0 Å². The second kappa shape index (κ2) is 5.12. The van der Waals surface area contributed by atoms with E-state index in [1.807, 2.05) is 26.0 Å². The molecule has 1 aromatic carbocycles. The highest BCUT2D eigenvalue weighted by Gasteiger charge is 2.12. The van der Waals surface area contributed by atoms with Crippen molar-refractivity contribution in [3.05, 3.63) is 45.8 Å². The fraction of sp³-hybridized carbons (Fsp3) is 0.231. The lowest BCUT2D eigenvalue weighted by Gasteiger charge is -2.14. The van der Waals surface area contributed by atoms with Gasteiger partial charge < -0.3 is 14.8 Å². The van der Waals surface area contributed by atoms with Gasteiger partial charge in [-0.2, -0.15) is 0 Å². The number of nitrogens with one attached hydrogen (secondary N) is 1. The molecule has 1 unspecified atom stereocenters. The minimum atomic E-state index is -0.106. The summed E-state index contributed by atoms with van der Waals surface area (Å²) in [5.41, 5.74) is 0.726. The summed E-state index contributed by atoms with van der Waals surface area (Å²) in [6, 6.07) is 7.04. The first-order valence-corrected chi connectivity index (χ1v) is 6.24. The van der Waals surface area contributed by atoms with Crippen molar-refractivity contribution in [3.63, 3.8) is 0 Å². The van der Waals surface area contributed by atoms with Crippen molar-refractivity contribution in [2.24, 2.45) is 0 Å². The topological polar surface area (TPSA) is 45.4 Å². The van der Waals surface area contributed by atoms with Gasteiger partial charge in [-0.15, -0.1) is 0 Å². The van der Waals surface area contributed by atoms with Crippen LogP contribution in [0, 0.1) is 6.92 Å². The molecule has 2 N–H and O–H groups in total. The molecule has 2 rings (SSSR count). The lowest BCUT2D eigenvalue weighted by molar-refractivity contribution is 0.466. The SMILES string of the molecule is Cc1ccc(C(C)Nc2cc(Cl)c(O)c(Cl)c2)o1. The van der Waals surface area contributed by atoms with Gasteiger partial charge in [0.1, 0.15) is 11.5 Å². The monoisotopic (exact) mass is 285 g/mol. The van der Waals surface area contributed by atoms with Crippen LogP contribution in [0.3, 0.4) is 0 Å². The number of aryl methyl sites for hydroxylation is 1. The molecule has 0 saturated carbocycles. The first-order valence-electron chi connectivity index (χ1n) is 5.48. The molecule has 0 amide bonds. The predicted molar refractivity (Wildman–Crippen MR) is 73.6 cm³/mol. The molecule has 1 heterocycles. The molecule has 1 aromatic heterocycles. The molecule has 5 heteroatoms. The van der Waals surface area contributed by atoms with Crippen molar-refractivity contribution < 1.29 is 9.52 Å². The highest BCUT2D eigenvalue weighted by Crippen LogP contribution is 2.35. The van der Waals surface area contributed by atoms with E-state index in [-0.39, 0.29) is 21.8 Å². The molecule has 0 fully saturated rings. The Balaban J connectivity index is 2.19. The van der Waals surface area contributed by atoms with Gasteiger partial charge in [0.05, 0.1) is 16.1 Å². The number of phenols is 1. The van der Waals surface area contributed by atoms with Gasteiger partial charge in [0.25, 0.3) is 0 Å². The van der Waals surface area contributed by atoms with E-state index in [0.29, 0.717) is 0 Å². The smallest absolute Gasteiger partial charge is 0.152 e. The number of rotatable bonds is 3. The summed E-state index contributed by atoms with van der Waals surface area (Å²) in [5.74, 6) is 1.58. The van der Waals surface area contributed by atoms with E-state index >= 15 is 0 Å². The van der Waals surface area contributed by atoms with E-state index in [0.717, 1.165) is 17.2 Å². The minimum Gasteiger partial charge on any atom is -0.505 e. The maximum absolute atomic E-state index is 9.48. The molecule has 96 valence electrons. The number of anilines is 1. The van der Waals surface area contributed by atoms with Gasteiger partial charge in [-0.25, -0.2) is 0 Å². The number of furan rings is 1. The zero-order chi connectivity index (χ0) is 13.3. The van der Waals surface area contributed by atoms with Crippen LogP contribution >= 0.6 is 23.2 Å². The number of hydrogen-bond acceptors (Lipinski definition) is 3. The molecule has 3 nitrogen and oxygen atoms in total. The highest BCUT2D eigenvalue weighted by atomic mass is 35.5. The quantitative estimate of drug-likeness (QED) is 0.798. The molecule has 0 bridgehead atoms. The second-order valence-corrected chi connectivity index (χ2v) is 4.92. The largest absolute Gasteiger partial charge is 0.505 e. The molecular weight excluding hydrogens is 273 g/mol. The summed E-state index contributed by atoms with van der Waals surface area (Å²) in [4.78, 5) is 0. The third kappa shape index (κ3) is 2.74. The fourth-order valence-corrected chi connectivity index (χ4v) is 2.14. The molecule has 0 aliphatic carbocycles. The van der Waals surface area contributed by atoms with Crippen molar-refractivity contribution >= 4 is 28.9 Å². The van der Waals surface area contributed by atoms with Crippen LogP contribution in [-0.4, -0.2) is 5.11 Å². The van der Waals surface area contributed by atoms with Crippen molar-refractivity contribution in [1.82, 2.24) is 0 Å². The number of halogens is 2. The summed E-state index contributed by atoms with van der Waals surface area (Å²) in [6.45, 7) is 3.86. The van der Waals surface area contributed by atoms with E-state index in [1.54, 1.807) is 12.1 Å². The predicted octanol–water partition coefficient (Wildman–Crippen LogP) is 4.77. The Hall–Kier alpha value is -1.32. The van der Waals surface area contributed by atoms with Gasteiger partial charge in [0.15, 0.2) is 5.75 Å². The first-order chi connectivity index (χ1) is 8.47. The maximum Gasteiger partial charge on any atom is 0.152 e. The average Bonchev–Trinajstić information content (AvgIpc) is 2.72. The molecular formula is C13H13Cl2NO2. The fourth-order valence-electron chi connectivity index (χ4n) is 1.66. The first kappa shape index (κ1) is 13.1. The maximum atomic E-state index is 9.48. The van der Waals surface area contributed by atoms with Crippen LogP contribution in [0.5, 0.6) is 5.75 Å². The van der Waals surface area contributed by atoms with Crippen molar-refractivity contribution in [3.8, 4) is 5.75 Å². The number of phenolic OH excluding ortho intramolecular Hbond substituents is 1. The van der Waals surface area contributed by atoms with Gasteiger partial charge in [0, 0.05) is 5.69 Å². The Morgan fingerprint density at radius 3 is 2.33 bits per heavy atom. The molecule has 0 spiro atoms. The molecule has 0 saturated heterocycles. The normalized spacial score (nSPS) is 12.4. The van der Waals surface area contributed by atoms with Crippen LogP contribution in [0.25, 0.3) is 0 Å². The van der Waals surface area contributed by atoms with Crippen LogP contribution in [0.4, 0.5) is 5.69 Å². The Kier molecular flexibility index (Phi) is 3.73. The standard InChI is InChI=1S/C13H13Cl2NO2/c1-7-3-4-12(18-7)8(2)16-9-5-10(14)13(17)11(15)6-9/h3-6,8,16-17H,1-2H3. The molecule has 1 atom stereocenters. The Morgan fingerprint density at radius 2 is 1.83 bits per heavy atom. The average molecular weight is 286 g/mol. The van der Waals surface area contributed by atoms with Gasteiger partial charge in [-0.05, 0) is 38.1 Å². The lowest BCUT2D eigenvalue weighted by Crippen LogP contribution is -2.05. The van der Waals surface area contributed by atoms with Crippen molar-refractivity contribution in [2.75, 3.05) is 5.32 Å². The summed E-state index contributed by atoms with van der Waals surface area (Å²) >= 11 is 11.7.